The van der Waals surface area contributed by atoms with Crippen molar-refractivity contribution < 1.29 is 9.13 Å². The number of nitrogens with one attached hydrogen (secondary N) is 2. The number of pyridine rings is 1. The number of hydrogen-bond acceptors (Lipinski definition) is 5. The quantitative estimate of drug-likeness (QED) is 0.429. The van der Waals surface area contributed by atoms with Crippen LogP contribution in [0.3, 0.4) is 0 Å². The molecule has 0 aliphatic rings. The van der Waals surface area contributed by atoms with Gasteiger partial charge in [-0.2, -0.15) is 9.61 Å². The van der Waals surface area contributed by atoms with E-state index in [1.807, 2.05) is 31.3 Å². The largest absolute Gasteiger partial charge is 0.495 e. The minimum Gasteiger partial charge on any atom is -0.495 e. The number of benzene rings is 1. The number of aromatic nitrogens is 5. The van der Waals surface area contributed by atoms with Crippen LogP contribution in [-0.2, 0) is 6.42 Å². The minimum absolute atomic E-state index is 0.395. The molecule has 2 N–H and O–H groups in total. The van der Waals surface area contributed by atoms with Gasteiger partial charge in [-0.1, -0.05) is 12.1 Å². The van der Waals surface area contributed by atoms with E-state index < -0.39 is 5.82 Å². The summed E-state index contributed by atoms with van der Waals surface area (Å²) in [7, 11) is 1.67. The molecule has 0 fully saturated rings. The van der Waals surface area contributed by atoms with Crippen molar-refractivity contribution in [2.75, 3.05) is 19.0 Å². The second-order valence-electron chi connectivity index (χ2n) is 7.35. The first-order valence-corrected chi connectivity index (χ1v) is 9.97. The van der Waals surface area contributed by atoms with E-state index in [4.69, 9.17) is 4.74 Å². The van der Waals surface area contributed by atoms with Gasteiger partial charge in [0, 0.05) is 41.5 Å². The zero-order chi connectivity index (χ0) is 21.4. The van der Waals surface area contributed by atoms with Crippen molar-refractivity contribution in [2.24, 2.45) is 0 Å². The maximum atomic E-state index is 13.7. The zero-order valence-electron chi connectivity index (χ0n) is 17.2. The Balaban J connectivity index is 1.44. The molecule has 0 aliphatic heterocycles. The number of fused-ring (bicyclic) bond motifs is 2. The van der Waals surface area contributed by atoms with Gasteiger partial charge in [0.1, 0.15) is 17.4 Å². The number of aromatic amines is 1. The van der Waals surface area contributed by atoms with E-state index in [1.165, 1.54) is 17.8 Å². The first-order chi connectivity index (χ1) is 15.1. The Morgan fingerprint density at radius 3 is 2.94 bits per heavy atom. The van der Waals surface area contributed by atoms with Crippen LogP contribution >= 0.6 is 0 Å². The molecule has 156 valence electrons. The van der Waals surface area contributed by atoms with Crippen molar-refractivity contribution in [1.82, 2.24) is 24.6 Å². The number of anilines is 1. The molecular formula is C23H21FN6O. The number of methoxy groups -OCH3 is 1. The summed E-state index contributed by atoms with van der Waals surface area (Å²) in [6.07, 6.45) is 7.37. The lowest BCUT2D eigenvalue weighted by Crippen LogP contribution is -2.10. The Morgan fingerprint density at radius 2 is 2.10 bits per heavy atom. The zero-order valence-corrected chi connectivity index (χ0v) is 17.2. The third-order valence-electron chi connectivity index (χ3n) is 5.33. The summed E-state index contributed by atoms with van der Waals surface area (Å²) >= 11 is 0. The van der Waals surface area contributed by atoms with Gasteiger partial charge >= 0.3 is 0 Å². The lowest BCUT2D eigenvalue weighted by atomic mass is 10.1. The van der Waals surface area contributed by atoms with Gasteiger partial charge in [-0.05, 0) is 31.0 Å². The number of H-pyrrole nitrogens is 1. The summed E-state index contributed by atoms with van der Waals surface area (Å²) in [5, 5.41) is 9.04. The molecule has 0 saturated heterocycles. The van der Waals surface area contributed by atoms with Crippen LogP contribution < -0.4 is 10.1 Å². The van der Waals surface area contributed by atoms with E-state index in [0.717, 1.165) is 40.1 Å². The highest BCUT2D eigenvalue weighted by Gasteiger charge is 2.12. The lowest BCUT2D eigenvalue weighted by molar-refractivity contribution is 0.419. The molecule has 1 aromatic carbocycles. The Labute approximate surface area is 177 Å². The normalized spacial score (nSPS) is 11.3. The van der Waals surface area contributed by atoms with Crippen LogP contribution in [0.1, 0.15) is 11.1 Å². The highest BCUT2D eigenvalue weighted by molar-refractivity contribution is 5.88. The van der Waals surface area contributed by atoms with Crippen LogP contribution in [-0.4, -0.2) is 38.2 Å². The SMILES string of the molecule is COc1cccc2c(CCNc3cc(-c4cncc(F)c4)nc4c(C)cnn34)c[nH]c12. The molecule has 0 unspecified atom stereocenters. The number of rotatable bonds is 6. The monoisotopic (exact) mass is 416 g/mol. The molecular weight excluding hydrogens is 395 g/mol. The predicted molar refractivity (Wildman–Crippen MR) is 118 cm³/mol. The fourth-order valence-corrected chi connectivity index (χ4v) is 3.79. The fraction of sp³-hybridized carbons (Fsp3) is 0.174. The summed E-state index contributed by atoms with van der Waals surface area (Å²) in [6.45, 7) is 2.63. The number of para-hydroxylation sites is 1. The molecule has 8 heteroatoms. The molecule has 0 amide bonds. The van der Waals surface area contributed by atoms with E-state index >= 15 is 0 Å². The minimum atomic E-state index is -0.395. The number of ether oxygens (including phenoxy) is 1. The van der Waals surface area contributed by atoms with E-state index in [2.05, 4.69) is 31.4 Å². The molecule has 0 atom stereocenters. The number of hydrogen-bond donors (Lipinski definition) is 2. The van der Waals surface area contributed by atoms with Crippen molar-refractivity contribution in [1.29, 1.82) is 0 Å². The van der Waals surface area contributed by atoms with Gasteiger partial charge in [-0.15, -0.1) is 0 Å². The third kappa shape index (κ3) is 3.46. The van der Waals surface area contributed by atoms with Crippen molar-refractivity contribution in [3.8, 4) is 17.0 Å². The number of aryl methyl sites for hydroxylation is 1. The van der Waals surface area contributed by atoms with E-state index in [1.54, 1.807) is 24.0 Å². The molecule has 4 aromatic heterocycles. The van der Waals surface area contributed by atoms with Crippen LogP contribution in [0.4, 0.5) is 10.2 Å². The van der Waals surface area contributed by atoms with E-state index in [-0.39, 0.29) is 0 Å². The topological polar surface area (TPSA) is 80.1 Å². The number of nitrogens with zero attached hydrogens (tertiary/aromatic N) is 4. The molecule has 0 saturated carbocycles. The summed E-state index contributed by atoms with van der Waals surface area (Å²) < 4.78 is 20.9. The van der Waals surface area contributed by atoms with Crippen LogP contribution in [0.15, 0.2) is 55.1 Å². The van der Waals surface area contributed by atoms with Gasteiger partial charge in [0.25, 0.3) is 0 Å². The van der Waals surface area contributed by atoms with Crippen molar-refractivity contribution in [3.05, 3.63) is 72.1 Å². The van der Waals surface area contributed by atoms with Crippen molar-refractivity contribution in [2.45, 2.75) is 13.3 Å². The van der Waals surface area contributed by atoms with Crippen LogP contribution in [0.2, 0.25) is 0 Å². The highest BCUT2D eigenvalue weighted by atomic mass is 19.1. The summed E-state index contributed by atoms with van der Waals surface area (Å²) in [5.41, 5.74) is 5.11. The van der Waals surface area contributed by atoms with Crippen LogP contribution in [0.25, 0.3) is 27.8 Å². The third-order valence-corrected chi connectivity index (χ3v) is 5.33. The Bertz CT molecular complexity index is 1390. The smallest absolute Gasteiger partial charge is 0.160 e. The van der Waals surface area contributed by atoms with Gasteiger partial charge in [0.05, 0.1) is 30.7 Å². The van der Waals surface area contributed by atoms with Gasteiger partial charge in [-0.3, -0.25) is 4.98 Å². The first kappa shape index (κ1) is 19.0. The molecule has 31 heavy (non-hydrogen) atoms. The average molecular weight is 416 g/mol. The van der Waals surface area contributed by atoms with Crippen LogP contribution in [0, 0.1) is 12.7 Å². The highest BCUT2D eigenvalue weighted by Crippen LogP contribution is 2.28. The van der Waals surface area contributed by atoms with Crippen molar-refractivity contribution in [3.63, 3.8) is 0 Å². The maximum Gasteiger partial charge on any atom is 0.160 e. The molecule has 0 spiro atoms. The Morgan fingerprint density at radius 1 is 1.19 bits per heavy atom. The average Bonchev–Trinajstić information content (AvgIpc) is 3.37. The van der Waals surface area contributed by atoms with Gasteiger partial charge < -0.3 is 15.0 Å². The predicted octanol–water partition coefficient (Wildman–Crippen LogP) is 4.38. The molecule has 4 heterocycles. The molecule has 7 nitrogen and oxygen atoms in total. The lowest BCUT2D eigenvalue weighted by Gasteiger charge is -2.11. The molecule has 0 bridgehead atoms. The van der Waals surface area contributed by atoms with Gasteiger partial charge in [0.2, 0.25) is 0 Å². The fourth-order valence-electron chi connectivity index (χ4n) is 3.79. The number of halogens is 1. The van der Waals surface area contributed by atoms with Crippen LogP contribution in [0.5, 0.6) is 5.75 Å². The van der Waals surface area contributed by atoms with E-state index in [9.17, 15) is 4.39 Å². The first-order valence-electron chi connectivity index (χ1n) is 9.97. The molecule has 0 aliphatic carbocycles. The molecule has 5 aromatic rings. The Hall–Kier alpha value is -3.94. The molecule has 0 radical (unpaired) electrons. The Kier molecular flexibility index (Phi) is 4.74. The summed E-state index contributed by atoms with van der Waals surface area (Å²) in [6, 6.07) is 9.32. The van der Waals surface area contributed by atoms with E-state index in [0.29, 0.717) is 17.8 Å². The maximum absolute atomic E-state index is 13.7. The molecule has 5 rings (SSSR count). The summed E-state index contributed by atoms with van der Waals surface area (Å²) in [5.74, 6) is 1.22. The van der Waals surface area contributed by atoms with Gasteiger partial charge in [0.15, 0.2) is 5.65 Å². The second-order valence-corrected chi connectivity index (χ2v) is 7.35. The second kappa shape index (κ2) is 7.71. The van der Waals surface area contributed by atoms with Gasteiger partial charge in [-0.25, -0.2) is 9.37 Å². The van der Waals surface area contributed by atoms with Crippen molar-refractivity contribution >= 4 is 22.4 Å². The summed E-state index contributed by atoms with van der Waals surface area (Å²) in [4.78, 5) is 11.9. The standard InChI is InChI=1S/C23H21FN6O/c1-14-10-28-30-21(9-19(29-23(14)30)16-8-17(24)13-25-11-16)26-7-6-15-12-27-22-18(15)4-3-5-20(22)31-2/h3-5,8-13,26-27H,6-7H2,1-2H3.